The summed E-state index contributed by atoms with van der Waals surface area (Å²) in [6, 6.07) is 8.02. The first-order valence-corrected chi connectivity index (χ1v) is 9.34. The molecule has 0 aliphatic rings. The summed E-state index contributed by atoms with van der Waals surface area (Å²) in [6.07, 6.45) is 0. The summed E-state index contributed by atoms with van der Waals surface area (Å²) < 4.78 is 6.52. The number of carbonyl (C=O) groups excluding carboxylic acids is 2. The highest BCUT2D eigenvalue weighted by Gasteiger charge is 2.23. The number of esters is 1. The zero-order valence-corrected chi connectivity index (χ0v) is 17.4. The molecule has 1 heterocycles. The van der Waals surface area contributed by atoms with Gasteiger partial charge in [0, 0.05) is 28.9 Å². The van der Waals surface area contributed by atoms with Crippen molar-refractivity contribution in [2.24, 2.45) is 0 Å². The quantitative estimate of drug-likeness (QED) is 0.690. The van der Waals surface area contributed by atoms with Crippen molar-refractivity contribution in [3.05, 3.63) is 57.0 Å². The van der Waals surface area contributed by atoms with Gasteiger partial charge in [-0.3, -0.25) is 9.59 Å². The Morgan fingerprint density at radius 1 is 1.14 bits per heavy atom. The molecule has 0 saturated carbocycles. The van der Waals surface area contributed by atoms with Crippen LogP contribution in [0, 0.1) is 6.92 Å². The molecule has 0 saturated heterocycles. The van der Waals surface area contributed by atoms with E-state index in [-0.39, 0.29) is 23.7 Å². The van der Waals surface area contributed by atoms with Crippen molar-refractivity contribution < 1.29 is 14.3 Å². The maximum absolute atomic E-state index is 12.4. The predicted molar refractivity (Wildman–Crippen MR) is 107 cm³/mol. The number of hydrogen-bond acceptors (Lipinski definition) is 5. The minimum absolute atomic E-state index is 0.0363. The lowest BCUT2D eigenvalue weighted by molar-refractivity contribution is -0.138. The number of aromatic nitrogens is 2. The Morgan fingerprint density at radius 3 is 2.25 bits per heavy atom. The predicted octanol–water partition coefficient (Wildman–Crippen LogP) is 3.00. The normalized spacial score (nSPS) is 11.0. The summed E-state index contributed by atoms with van der Waals surface area (Å²) in [6.45, 7) is 8.77. The summed E-state index contributed by atoms with van der Waals surface area (Å²) in [5.74, 6) is -1.27. The molecule has 1 amide bonds. The van der Waals surface area contributed by atoms with Crippen molar-refractivity contribution in [1.29, 1.82) is 0 Å². The lowest BCUT2D eigenvalue weighted by atomic mass is 10.2. The first-order valence-electron chi connectivity index (χ1n) is 8.97. The molecular weight excluding hydrogens is 382 g/mol. The SMILES string of the molecule is Cc1cc(=O)c(C(=O)OCC(=O)N(C(C)C)C(C)C)nn1-c1ccc(Cl)cc1. The molecule has 7 nitrogen and oxygen atoms in total. The standard InChI is InChI=1S/C20H24ClN3O4/c1-12(2)23(13(3)4)18(26)11-28-20(27)19-17(25)10-14(5)24(22-19)16-8-6-15(21)7-9-16/h6-10,12-13H,11H2,1-5H3. The monoisotopic (exact) mass is 405 g/mol. The van der Waals surface area contributed by atoms with E-state index in [4.69, 9.17) is 16.3 Å². The van der Waals surface area contributed by atoms with Crippen LogP contribution in [0.2, 0.25) is 5.02 Å². The van der Waals surface area contributed by atoms with Crippen LogP contribution >= 0.6 is 11.6 Å². The molecule has 0 bridgehead atoms. The van der Waals surface area contributed by atoms with Crippen molar-refractivity contribution in [3.63, 3.8) is 0 Å². The van der Waals surface area contributed by atoms with Crippen molar-refractivity contribution in [2.45, 2.75) is 46.7 Å². The van der Waals surface area contributed by atoms with E-state index in [9.17, 15) is 14.4 Å². The maximum Gasteiger partial charge on any atom is 0.363 e. The molecule has 2 aromatic rings. The van der Waals surface area contributed by atoms with E-state index in [2.05, 4.69) is 5.10 Å². The molecule has 0 aliphatic carbocycles. The highest BCUT2D eigenvalue weighted by molar-refractivity contribution is 6.30. The molecule has 0 radical (unpaired) electrons. The van der Waals surface area contributed by atoms with Crippen LogP contribution < -0.4 is 5.43 Å². The fourth-order valence-electron chi connectivity index (χ4n) is 2.97. The van der Waals surface area contributed by atoms with Crippen molar-refractivity contribution >= 4 is 23.5 Å². The highest BCUT2D eigenvalue weighted by atomic mass is 35.5. The van der Waals surface area contributed by atoms with E-state index in [1.807, 2.05) is 27.7 Å². The third-order valence-electron chi connectivity index (χ3n) is 4.10. The van der Waals surface area contributed by atoms with Gasteiger partial charge in [0.1, 0.15) is 0 Å². The Labute approximate surface area is 168 Å². The fourth-order valence-corrected chi connectivity index (χ4v) is 3.10. The zero-order chi connectivity index (χ0) is 21.0. The number of hydrogen-bond donors (Lipinski definition) is 0. The minimum Gasteiger partial charge on any atom is -0.451 e. The Kier molecular flexibility index (Phi) is 6.96. The van der Waals surface area contributed by atoms with Gasteiger partial charge in [-0.1, -0.05) is 11.6 Å². The van der Waals surface area contributed by atoms with Gasteiger partial charge in [0.25, 0.3) is 5.91 Å². The first kappa shape index (κ1) is 21.6. The molecule has 1 aromatic carbocycles. The van der Waals surface area contributed by atoms with E-state index < -0.39 is 18.0 Å². The Morgan fingerprint density at radius 2 is 1.71 bits per heavy atom. The number of nitrogens with zero attached hydrogens (tertiary/aromatic N) is 3. The number of halogens is 1. The van der Waals surface area contributed by atoms with E-state index in [1.165, 1.54) is 10.7 Å². The summed E-state index contributed by atoms with van der Waals surface area (Å²) in [7, 11) is 0. The van der Waals surface area contributed by atoms with E-state index in [1.54, 1.807) is 36.1 Å². The van der Waals surface area contributed by atoms with Crippen LogP contribution in [-0.4, -0.2) is 45.2 Å². The van der Waals surface area contributed by atoms with Crippen LogP contribution in [0.5, 0.6) is 0 Å². The molecule has 2 rings (SSSR count). The maximum atomic E-state index is 12.4. The molecule has 0 atom stereocenters. The second-order valence-corrected chi connectivity index (χ2v) is 7.39. The smallest absolute Gasteiger partial charge is 0.363 e. The summed E-state index contributed by atoms with van der Waals surface area (Å²) in [5.41, 5.74) is 0.238. The van der Waals surface area contributed by atoms with Gasteiger partial charge < -0.3 is 9.64 Å². The molecule has 8 heteroatoms. The molecule has 0 N–H and O–H groups in total. The van der Waals surface area contributed by atoms with Crippen molar-refractivity contribution in [3.8, 4) is 5.69 Å². The Balaban J connectivity index is 2.24. The molecule has 150 valence electrons. The average molecular weight is 406 g/mol. The van der Waals surface area contributed by atoms with Crippen LogP contribution in [0.4, 0.5) is 0 Å². The van der Waals surface area contributed by atoms with Gasteiger partial charge in [0.2, 0.25) is 11.1 Å². The average Bonchev–Trinajstić information content (AvgIpc) is 2.60. The van der Waals surface area contributed by atoms with Gasteiger partial charge in [-0.25, -0.2) is 9.48 Å². The number of benzene rings is 1. The van der Waals surface area contributed by atoms with E-state index in [0.717, 1.165) is 0 Å². The van der Waals surface area contributed by atoms with Gasteiger partial charge in [-0.15, -0.1) is 0 Å². The van der Waals surface area contributed by atoms with Gasteiger partial charge in [-0.05, 0) is 58.9 Å². The molecule has 0 spiro atoms. The molecule has 0 aliphatic heterocycles. The van der Waals surface area contributed by atoms with Gasteiger partial charge in [0.05, 0.1) is 5.69 Å². The number of rotatable bonds is 6. The lowest BCUT2D eigenvalue weighted by Crippen LogP contribution is -2.44. The Bertz CT molecular complexity index is 912. The topological polar surface area (TPSA) is 81.5 Å². The van der Waals surface area contributed by atoms with Crippen LogP contribution in [0.3, 0.4) is 0 Å². The third kappa shape index (κ3) is 4.98. The van der Waals surface area contributed by atoms with Crippen LogP contribution in [0.1, 0.15) is 43.9 Å². The molecule has 1 aromatic heterocycles. The van der Waals surface area contributed by atoms with Crippen LogP contribution in [0.25, 0.3) is 5.69 Å². The van der Waals surface area contributed by atoms with Crippen molar-refractivity contribution in [2.75, 3.05) is 6.61 Å². The molecule has 28 heavy (non-hydrogen) atoms. The summed E-state index contributed by atoms with van der Waals surface area (Å²) >= 11 is 5.90. The van der Waals surface area contributed by atoms with Crippen LogP contribution in [-0.2, 0) is 9.53 Å². The highest BCUT2D eigenvalue weighted by Crippen LogP contribution is 2.14. The summed E-state index contributed by atoms with van der Waals surface area (Å²) in [4.78, 5) is 38.6. The Hall–Kier alpha value is -2.67. The largest absolute Gasteiger partial charge is 0.451 e. The second-order valence-electron chi connectivity index (χ2n) is 6.95. The zero-order valence-electron chi connectivity index (χ0n) is 16.6. The number of amides is 1. The van der Waals surface area contributed by atoms with Gasteiger partial charge >= 0.3 is 5.97 Å². The van der Waals surface area contributed by atoms with E-state index >= 15 is 0 Å². The second kappa shape index (κ2) is 9.01. The number of carbonyl (C=O) groups is 2. The fraction of sp³-hybridized carbons (Fsp3) is 0.400. The number of aryl methyl sites for hydroxylation is 1. The molecular formula is C20H24ClN3O4. The van der Waals surface area contributed by atoms with Crippen LogP contribution in [0.15, 0.2) is 35.1 Å². The summed E-state index contributed by atoms with van der Waals surface area (Å²) in [5, 5.41) is 4.68. The minimum atomic E-state index is -0.937. The van der Waals surface area contributed by atoms with E-state index in [0.29, 0.717) is 16.4 Å². The molecule has 0 unspecified atom stereocenters. The lowest BCUT2D eigenvalue weighted by Gasteiger charge is -2.30. The third-order valence-corrected chi connectivity index (χ3v) is 4.35. The van der Waals surface area contributed by atoms with Gasteiger partial charge in [-0.2, -0.15) is 5.10 Å². The first-order chi connectivity index (χ1) is 13.1. The number of ether oxygens (including phenoxy) is 1. The van der Waals surface area contributed by atoms with Crippen molar-refractivity contribution in [1.82, 2.24) is 14.7 Å². The molecule has 0 fully saturated rings. The van der Waals surface area contributed by atoms with Gasteiger partial charge in [0.15, 0.2) is 6.61 Å².